The van der Waals surface area contributed by atoms with Gasteiger partial charge in [-0.05, 0) is 12.1 Å². The minimum atomic E-state index is -1.50. The number of benzene rings is 1. The summed E-state index contributed by atoms with van der Waals surface area (Å²) in [4.78, 5) is 36.0. The van der Waals surface area contributed by atoms with Crippen LogP contribution in [0.5, 0.6) is 5.75 Å². The standard InChI is InChI=1S/C14H10ClNO6/c15-7-3-1-2-6(10(7)19)13(21)16-8-4-9(18)14(5-17)12(22-14)11(8)20/h1-4,12,17,19H,5H2,(H,16,21)/t12-,14+/m1/s1. The van der Waals surface area contributed by atoms with E-state index in [9.17, 15) is 19.5 Å². The first-order valence-electron chi connectivity index (χ1n) is 6.28. The van der Waals surface area contributed by atoms with E-state index in [4.69, 9.17) is 21.4 Å². The molecular weight excluding hydrogens is 314 g/mol. The van der Waals surface area contributed by atoms with Gasteiger partial charge in [0.15, 0.2) is 17.5 Å². The summed E-state index contributed by atoms with van der Waals surface area (Å²) in [5.41, 5.74) is -1.88. The summed E-state index contributed by atoms with van der Waals surface area (Å²) in [6.07, 6.45) is -0.167. The minimum absolute atomic E-state index is 0.0162. The molecule has 1 amide bonds. The van der Waals surface area contributed by atoms with E-state index in [0.717, 1.165) is 6.08 Å². The maximum absolute atomic E-state index is 12.1. The van der Waals surface area contributed by atoms with Crippen molar-refractivity contribution in [3.05, 3.63) is 40.6 Å². The zero-order valence-corrected chi connectivity index (χ0v) is 11.8. The second kappa shape index (κ2) is 4.91. The van der Waals surface area contributed by atoms with Crippen LogP contribution in [0.15, 0.2) is 30.0 Å². The number of aliphatic hydroxyl groups is 1. The van der Waals surface area contributed by atoms with Crippen LogP contribution in [0.1, 0.15) is 10.4 Å². The van der Waals surface area contributed by atoms with E-state index >= 15 is 0 Å². The molecule has 114 valence electrons. The largest absolute Gasteiger partial charge is 0.506 e. The molecule has 0 radical (unpaired) electrons. The smallest absolute Gasteiger partial charge is 0.259 e. The zero-order valence-electron chi connectivity index (χ0n) is 11.0. The molecule has 7 nitrogen and oxygen atoms in total. The topological polar surface area (TPSA) is 116 Å². The molecule has 2 atom stereocenters. The van der Waals surface area contributed by atoms with Crippen molar-refractivity contribution in [2.24, 2.45) is 0 Å². The fourth-order valence-electron chi connectivity index (χ4n) is 2.28. The number of para-hydroxylation sites is 1. The number of hydrogen-bond donors (Lipinski definition) is 3. The lowest BCUT2D eigenvalue weighted by Gasteiger charge is -2.14. The SMILES string of the molecule is O=C(NC1=CC(=O)[C@]2(CO)O[C@@H]2C1=O)c1cccc(Cl)c1O. The maximum atomic E-state index is 12.1. The fourth-order valence-corrected chi connectivity index (χ4v) is 2.45. The number of aromatic hydroxyl groups is 1. The molecule has 1 aliphatic heterocycles. The van der Waals surface area contributed by atoms with Gasteiger partial charge in [0, 0.05) is 6.08 Å². The highest BCUT2D eigenvalue weighted by atomic mass is 35.5. The van der Waals surface area contributed by atoms with Gasteiger partial charge in [0.05, 0.1) is 22.9 Å². The molecule has 8 heteroatoms. The number of nitrogens with one attached hydrogen (secondary N) is 1. The van der Waals surface area contributed by atoms with E-state index in [2.05, 4.69) is 5.32 Å². The van der Waals surface area contributed by atoms with Gasteiger partial charge < -0.3 is 20.3 Å². The van der Waals surface area contributed by atoms with Gasteiger partial charge in [0.2, 0.25) is 5.78 Å². The first kappa shape index (κ1) is 14.7. The Morgan fingerprint density at radius 2 is 2.14 bits per heavy atom. The molecule has 22 heavy (non-hydrogen) atoms. The number of phenolic OH excluding ortho intramolecular Hbond substituents is 1. The van der Waals surface area contributed by atoms with E-state index in [-0.39, 0.29) is 16.3 Å². The number of aliphatic hydroxyl groups excluding tert-OH is 1. The molecule has 1 heterocycles. The number of epoxide rings is 1. The van der Waals surface area contributed by atoms with Gasteiger partial charge in [0.1, 0.15) is 5.75 Å². The van der Waals surface area contributed by atoms with Crippen LogP contribution in [-0.2, 0) is 14.3 Å². The molecule has 1 fully saturated rings. The predicted molar refractivity (Wildman–Crippen MR) is 73.4 cm³/mol. The molecular formula is C14H10ClNO6. The maximum Gasteiger partial charge on any atom is 0.259 e. The van der Waals surface area contributed by atoms with Crippen LogP contribution in [-0.4, -0.2) is 46.0 Å². The number of carbonyl (C=O) groups excluding carboxylic acids is 3. The summed E-state index contributed by atoms with van der Waals surface area (Å²) in [6, 6.07) is 4.17. The Hall–Kier alpha value is -2.22. The highest BCUT2D eigenvalue weighted by molar-refractivity contribution is 6.32. The number of phenols is 1. The highest BCUT2D eigenvalue weighted by Crippen LogP contribution is 2.42. The number of rotatable bonds is 3. The number of halogens is 1. The van der Waals surface area contributed by atoms with E-state index < -0.39 is 41.5 Å². The summed E-state index contributed by atoms with van der Waals surface area (Å²) >= 11 is 5.71. The Balaban J connectivity index is 1.85. The van der Waals surface area contributed by atoms with Crippen LogP contribution in [0.2, 0.25) is 5.02 Å². The van der Waals surface area contributed by atoms with E-state index in [1.807, 2.05) is 0 Å². The lowest BCUT2D eigenvalue weighted by molar-refractivity contribution is -0.123. The third-order valence-corrected chi connectivity index (χ3v) is 3.91. The molecule has 3 N–H and O–H groups in total. The molecule has 1 aromatic carbocycles. The molecule has 2 aliphatic rings. The quantitative estimate of drug-likeness (QED) is 0.671. The monoisotopic (exact) mass is 323 g/mol. The van der Waals surface area contributed by atoms with Crippen LogP contribution < -0.4 is 5.32 Å². The van der Waals surface area contributed by atoms with Crippen molar-refractivity contribution in [1.82, 2.24) is 5.32 Å². The number of ketones is 2. The number of Topliss-reactive ketones (excluding diaryl/α,β-unsaturated/α-hetero) is 1. The van der Waals surface area contributed by atoms with Gasteiger partial charge in [-0.2, -0.15) is 0 Å². The second-order valence-electron chi connectivity index (χ2n) is 4.92. The molecule has 0 saturated carbocycles. The number of hydrogen-bond acceptors (Lipinski definition) is 6. The van der Waals surface area contributed by atoms with Gasteiger partial charge in [-0.3, -0.25) is 14.4 Å². The van der Waals surface area contributed by atoms with Crippen molar-refractivity contribution in [3.8, 4) is 5.75 Å². The summed E-state index contributed by atoms with van der Waals surface area (Å²) in [5, 5.41) is 21.1. The van der Waals surface area contributed by atoms with Crippen molar-refractivity contribution < 1.29 is 29.3 Å². The number of fused-ring (bicyclic) bond motifs is 1. The Morgan fingerprint density at radius 3 is 2.82 bits per heavy atom. The number of amides is 1. The lowest BCUT2D eigenvalue weighted by Crippen LogP contribution is -2.41. The van der Waals surface area contributed by atoms with Crippen molar-refractivity contribution >= 4 is 29.1 Å². The zero-order chi connectivity index (χ0) is 16.1. The summed E-state index contributed by atoms with van der Waals surface area (Å²) in [6.45, 7) is -0.602. The number of ether oxygens (including phenoxy) is 1. The first-order chi connectivity index (χ1) is 10.4. The van der Waals surface area contributed by atoms with Crippen LogP contribution in [0.3, 0.4) is 0 Å². The third-order valence-electron chi connectivity index (χ3n) is 3.61. The van der Waals surface area contributed by atoms with Crippen LogP contribution >= 0.6 is 11.6 Å². The Morgan fingerprint density at radius 1 is 1.41 bits per heavy atom. The van der Waals surface area contributed by atoms with Gasteiger partial charge in [-0.15, -0.1) is 0 Å². The van der Waals surface area contributed by atoms with Crippen LogP contribution in [0.4, 0.5) is 0 Å². The van der Waals surface area contributed by atoms with E-state index in [1.54, 1.807) is 0 Å². The predicted octanol–water partition coefficient (Wildman–Crippen LogP) is -0.0590. The molecule has 0 aromatic heterocycles. The summed E-state index contributed by atoms with van der Waals surface area (Å²) in [5.74, 6) is -2.41. The van der Waals surface area contributed by atoms with Crippen LogP contribution in [0.25, 0.3) is 0 Å². The summed E-state index contributed by atoms with van der Waals surface area (Å²) < 4.78 is 4.98. The van der Waals surface area contributed by atoms with Crippen molar-refractivity contribution in [3.63, 3.8) is 0 Å². The molecule has 0 spiro atoms. The second-order valence-corrected chi connectivity index (χ2v) is 5.33. The molecule has 0 unspecified atom stereocenters. The summed E-state index contributed by atoms with van der Waals surface area (Å²) in [7, 11) is 0. The van der Waals surface area contributed by atoms with Gasteiger partial charge in [-0.25, -0.2) is 0 Å². The van der Waals surface area contributed by atoms with Gasteiger partial charge >= 0.3 is 0 Å². The van der Waals surface area contributed by atoms with Gasteiger partial charge in [-0.1, -0.05) is 17.7 Å². The van der Waals surface area contributed by atoms with Gasteiger partial charge in [0.25, 0.3) is 5.91 Å². The third kappa shape index (κ3) is 2.02. The average Bonchev–Trinajstić information content (AvgIpc) is 3.24. The van der Waals surface area contributed by atoms with Crippen molar-refractivity contribution in [2.45, 2.75) is 11.7 Å². The number of carbonyl (C=O) groups is 3. The van der Waals surface area contributed by atoms with E-state index in [1.165, 1.54) is 18.2 Å². The molecule has 3 rings (SSSR count). The average molecular weight is 324 g/mol. The highest BCUT2D eigenvalue weighted by Gasteiger charge is 2.67. The van der Waals surface area contributed by atoms with Crippen molar-refractivity contribution in [2.75, 3.05) is 6.61 Å². The Bertz CT molecular complexity index is 743. The molecule has 1 saturated heterocycles. The van der Waals surface area contributed by atoms with Crippen LogP contribution in [0, 0.1) is 0 Å². The first-order valence-corrected chi connectivity index (χ1v) is 6.66. The molecule has 1 aromatic rings. The van der Waals surface area contributed by atoms with E-state index in [0.29, 0.717) is 0 Å². The fraction of sp³-hybridized carbons (Fsp3) is 0.214. The normalized spacial score (nSPS) is 26.3. The van der Waals surface area contributed by atoms with Crippen molar-refractivity contribution in [1.29, 1.82) is 0 Å². The minimum Gasteiger partial charge on any atom is -0.506 e. The Labute approximate surface area is 129 Å². The lowest BCUT2D eigenvalue weighted by atomic mass is 9.90. The Kier molecular flexibility index (Phi) is 3.28. The molecule has 1 aliphatic carbocycles. The molecule has 0 bridgehead atoms.